The molecule has 4 N–H and O–H groups in total. The molecule has 1 unspecified atom stereocenters. The summed E-state index contributed by atoms with van der Waals surface area (Å²) >= 11 is 0. The average Bonchev–Trinajstić information content (AvgIpc) is 3.30. The standard InChI is InChI=1S/C20H24N6O2/c1-13-9-22-17-16(13)18(25-12-24-17)26-8-7-20(21,11-26)10-23-15-6-4-3-5-14(15)19(27)28-2/h3-6,9,12,23H,7-8,10-11,21H2,1-2H3,(H,22,24,25). The Morgan fingerprint density at radius 3 is 3.04 bits per heavy atom. The first-order valence-corrected chi connectivity index (χ1v) is 9.24. The Kier molecular flexibility index (Phi) is 4.64. The molecule has 2 aromatic heterocycles. The van der Waals surface area contributed by atoms with Crippen LogP contribution in [0, 0.1) is 6.92 Å². The Hall–Kier alpha value is -3.13. The van der Waals surface area contributed by atoms with E-state index in [2.05, 4.69) is 25.2 Å². The zero-order chi connectivity index (χ0) is 19.7. The van der Waals surface area contributed by atoms with Crippen molar-refractivity contribution in [1.82, 2.24) is 15.0 Å². The maximum absolute atomic E-state index is 12.0. The Labute approximate surface area is 163 Å². The van der Waals surface area contributed by atoms with E-state index >= 15 is 0 Å². The van der Waals surface area contributed by atoms with E-state index in [-0.39, 0.29) is 5.97 Å². The van der Waals surface area contributed by atoms with Gasteiger partial charge in [0.2, 0.25) is 0 Å². The molecule has 0 spiro atoms. The highest BCUT2D eigenvalue weighted by Crippen LogP contribution is 2.31. The third kappa shape index (κ3) is 3.27. The van der Waals surface area contributed by atoms with Crippen molar-refractivity contribution in [2.45, 2.75) is 18.9 Å². The lowest BCUT2D eigenvalue weighted by atomic mass is 10.00. The summed E-state index contributed by atoms with van der Waals surface area (Å²) in [5.41, 5.74) is 9.42. The van der Waals surface area contributed by atoms with E-state index in [4.69, 9.17) is 10.5 Å². The predicted molar refractivity (Wildman–Crippen MR) is 109 cm³/mol. The van der Waals surface area contributed by atoms with Gasteiger partial charge in [-0.15, -0.1) is 0 Å². The number of nitrogens with two attached hydrogens (primary N) is 1. The summed E-state index contributed by atoms with van der Waals surface area (Å²) in [6.07, 6.45) is 4.34. The molecule has 1 aromatic carbocycles. The van der Waals surface area contributed by atoms with Crippen LogP contribution in [0.15, 0.2) is 36.8 Å². The molecule has 0 aliphatic carbocycles. The fourth-order valence-electron chi connectivity index (χ4n) is 3.75. The van der Waals surface area contributed by atoms with Gasteiger partial charge in [0.25, 0.3) is 0 Å². The molecule has 1 aliphatic heterocycles. The first kappa shape index (κ1) is 18.2. The van der Waals surface area contributed by atoms with Gasteiger partial charge >= 0.3 is 5.97 Å². The highest BCUT2D eigenvalue weighted by Gasteiger charge is 2.36. The number of carbonyl (C=O) groups excluding carboxylic acids is 1. The van der Waals surface area contributed by atoms with Gasteiger partial charge in [0, 0.05) is 31.5 Å². The number of aromatic nitrogens is 3. The minimum atomic E-state index is -0.440. The van der Waals surface area contributed by atoms with Crippen molar-refractivity contribution in [3.63, 3.8) is 0 Å². The zero-order valence-electron chi connectivity index (χ0n) is 16.0. The van der Waals surface area contributed by atoms with Gasteiger partial charge in [-0.1, -0.05) is 12.1 Å². The van der Waals surface area contributed by atoms with Gasteiger partial charge in [0.15, 0.2) is 0 Å². The molecule has 8 nitrogen and oxygen atoms in total. The Morgan fingerprint density at radius 1 is 1.39 bits per heavy atom. The summed E-state index contributed by atoms with van der Waals surface area (Å²) < 4.78 is 4.86. The number of hydrogen-bond acceptors (Lipinski definition) is 7. The fraction of sp³-hybridized carbons (Fsp3) is 0.350. The topological polar surface area (TPSA) is 109 Å². The van der Waals surface area contributed by atoms with Crippen LogP contribution in [-0.4, -0.2) is 53.2 Å². The molecular formula is C20H24N6O2. The molecule has 0 radical (unpaired) electrons. The number of ether oxygens (including phenoxy) is 1. The van der Waals surface area contributed by atoms with Crippen molar-refractivity contribution < 1.29 is 9.53 Å². The number of hydrogen-bond donors (Lipinski definition) is 3. The van der Waals surface area contributed by atoms with Crippen molar-refractivity contribution in [2.75, 3.05) is 37.0 Å². The molecule has 0 saturated carbocycles. The summed E-state index contributed by atoms with van der Waals surface area (Å²) in [5, 5.41) is 4.37. The SMILES string of the molecule is COC(=O)c1ccccc1NCC1(N)CCN(c2ncnc3[nH]cc(C)c23)C1. The molecule has 1 aliphatic rings. The maximum Gasteiger partial charge on any atom is 0.339 e. The molecule has 8 heteroatoms. The third-order valence-electron chi connectivity index (χ3n) is 5.30. The number of benzene rings is 1. The van der Waals surface area contributed by atoms with E-state index < -0.39 is 5.54 Å². The molecule has 0 bridgehead atoms. The van der Waals surface area contributed by atoms with Crippen molar-refractivity contribution in [3.8, 4) is 0 Å². The van der Waals surface area contributed by atoms with Crippen LogP contribution in [0.2, 0.25) is 0 Å². The number of fused-ring (bicyclic) bond motifs is 1. The van der Waals surface area contributed by atoms with Crippen molar-refractivity contribution in [1.29, 1.82) is 0 Å². The molecule has 28 heavy (non-hydrogen) atoms. The first-order valence-electron chi connectivity index (χ1n) is 9.24. The summed E-state index contributed by atoms with van der Waals surface area (Å²) in [7, 11) is 1.38. The van der Waals surface area contributed by atoms with E-state index in [1.807, 2.05) is 31.3 Å². The summed E-state index contributed by atoms with van der Waals surface area (Å²) in [6, 6.07) is 7.29. The van der Waals surface area contributed by atoms with Gasteiger partial charge in [0.1, 0.15) is 17.8 Å². The van der Waals surface area contributed by atoms with Gasteiger partial charge < -0.3 is 25.7 Å². The van der Waals surface area contributed by atoms with Gasteiger partial charge in [-0.3, -0.25) is 0 Å². The molecule has 3 aromatic rings. The van der Waals surface area contributed by atoms with Crippen LogP contribution in [0.1, 0.15) is 22.3 Å². The monoisotopic (exact) mass is 380 g/mol. The Morgan fingerprint density at radius 2 is 2.21 bits per heavy atom. The third-order valence-corrected chi connectivity index (χ3v) is 5.30. The second-order valence-electron chi connectivity index (χ2n) is 7.32. The van der Waals surface area contributed by atoms with Crippen LogP contribution in [0.25, 0.3) is 11.0 Å². The molecule has 3 heterocycles. The molecule has 4 rings (SSSR count). The average molecular weight is 380 g/mol. The van der Waals surface area contributed by atoms with Crippen molar-refractivity contribution in [2.24, 2.45) is 5.73 Å². The summed E-state index contributed by atoms with van der Waals surface area (Å²) in [4.78, 5) is 26.2. The molecule has 1 saturated heterocycles. The number of nitrogens with one attached hydrogen (secondary N) is 2. The second-order valence-corrected chi connectivity index (χ2v) is 7.32. The highest BCUT2D eigenvalue weighted by atomic mass is 16.5. The predicted octanol–water partition coefficient (Wildman–Crippen LogP) is 2.07. The molecular weight excluding hydrogens is 356 g/mol. The molecule has 0 amide bonds. The smallest absolute Gasteiger partial charge is 0.339 e. The molecule has 1 atom stereocenters. The number of carbonyl (C=O) groups is 1. The second kappa shape index (κ2) is 7.12. The van der Waals surface area contributed by atoms with E-state index in [0.29, 0.717) is 18.7 Å². The zero-order valence-corrected chi connectivity index (χ0v) is 16.0. The fourth-order valence-corrected chi connectivity index (χ4v) is 3.75. The lowest BCUT2D eigenvalue weighted by Gasteiger charge is -2.26. The number of esters is 1. The number of rotatable bonds is 5. The van der Waals surface area contributed by atoms with Gasteiger partial charge in [-0.2, -0.15) is 0 Å². The number of methoxy groups -OCH3 is 1. The van der Waals surface area contributed by atoms with Crippen molar-refractivity contribution >= 4 is 28.5 Å². The van der Waals surface area contributed by atoms with E-state index in [1.165, 1.54) is 7.11 Å². The van der Waals surface area contributed by atoms with Crippen LogP contribution >= 0.6 is 0 Å². The number of para-hydroxylation sites is 1. The number of aryl methyl sites for hydroxylation is 1. The minimum absolute atomic E-state index is 0.367. The van der Waals surface area contributed by atoms with Gasteiger partial charge in [0.05, 0.1) is 23.6 Å². The number of anilines is 2. The van der Waals surface area contributed by atoms with E-state index in [0.717, 1.165) is 41.1 Å². The molecule has 1 fully saturated rings. The number of nitrogens with zero attached hydrogens (tertiary/aromatic N) is 3. The number of H-pyrrole nitrogens is 1. The first-order chi connectivity index (χ1) is 13.5. The van der Waals surface area contributed by atoms with Crippen molar-refractivity contribution in [3.05, 3.63) is 47.9 Å². The summed E-state index contributed by atoms with van der Waals surface area (Å²) in [5.74, 6) is 0.541. The van der Waals surface area contributed by atoms with Crippen LogP contribution in [0.5, 0.6) is 0 Å². The molecule has 146 valence electrons. The lowest BCUT2D eigenvalue weighted by Crippen LogP contribution is -2.48. The van der Waals surface area contributed by atoms with Gasteiger partial charge in [-0.25, -0.2) is 14.8 Å². The van der Waals surface area contributed by atoms with Crippen LogP contribution < -0.4 is 16.0 Å². The van der Waals surface area contributed by atoms with Crippen LogP contribution in [0.4, 0.5) is 11.5 Å². The van der Waals surface area contributed by atoms with Crippen LogP contribution in [-0.2, 0) is 4.74 Å². The largest absolute Gasteiger partial charge is 0.465 e. The highest BCUT2D eigenvalue weighted by molar-refractivity contribution is 5.95. The van der Waals surface area contributed by atoms with E-state index in [1.54, 1.807) is 12.4 Å². The van der Waals surface area contributed by atoms with E-state index in [9.17, 15) is 4.79 Å². The lowest BCUT2D eigenvalue weighted by molar-refractivity contribution is 0.0602. The normalized spacial score (nSPS) is 19.2. The summed E-state index contributed by atoms with van der Waals surface area (Å²) in [6.45, 7) is 4.06. The Balaban J connectivity index is 1.51. The minimum Gasteiger partial charge on any atom is -0.465 e. The van der Waals surface area contributed by atoms with Crippen LogP contribution in [0.3, 0.4) is 0 Å². The maximum atomic E-state index is 12.0. The van der Waals surface area contributed by atoms with Gasteiger partial charge in [-0.05, 0) is 31.0 Å². The number of aromatic amines is 1. The quantitative estimate of drug-likeness (QED) is 0.581. The Bertz CT molecular complexity index is 1020.